The van der Waals surface area contributed by atoms with Gasteiger partial charge in [0.2, 0.25) is 0 Å². The van der Waals surface area contributed by atoms with Gasteiger partial charge in [0.25, 0.3) is 0 Å². The van der Waals surface area contributed by atoms with E-state index in [1.165, 1.54) is 8.96 Å². The average Bonchev–Trinajstić information content (AvgIpc) is 3.29. The molecule has 0 saturated heterocycles. The zero-order chi connectivity index (χ0) is 25.5. The van der Waals surface area contributed by atoms with Crippen molar-refractivity contribution in [2.45, 2.75) is 61.0 Å². The van der Waals surface area contributed by atoms with E-state index >= 15 is 8.63 Å². The molecule has 2 aromatic rings. The quantitative estimate of drug-likeness (QED) is 0.238. The molecule has 0 spiro atoms. The molecule has 0 saturated carbocycles. The van der Waals surface area contributed by atoms with Crippen LogP contribution in [0.2, 0.25) is 0 Å². The average molecular weight is 594 g/mol. The van der Waals surface area contributed by atoms with Crippen molar-refractivity contribution in [3.63, 3.8) is 0 Å². The highest BCUT2D eigenvalue weighted by Crippen LogP contribution is 2.47. The molecule has 1 aromatic heterocycles. The van der Waals surface area contributed by atoms with Crippen LogP contribution in [0.15, 0.2) is 41.1 Å². The number of aromatic nitrogens is 1. The molecule has 188 valence electrons. The lowest BCUT2D eigenvalue weighted by Crippen LogP contribution is -2.52. The predicted octanol–water partition coefficient (Wildman–Crippen LogP) is 6.73. The summed E-state index contributed by atoms with van der Waals surface area (Å²) in [7, 11) is 0. The van der Waals surface area contributed by atoms with E-state index in [1.54, 1.807) is 0 Å². The van der Waals surface area contributed by atoms with Crippen molar-refractivity contribution >= 4 is 40.8 Å². The van der Waals surface area contributed by atoms with Crippen LogP contribution in [0.3, 0.4) is 0 Å². The van der Waals surface area contributed by atoms with Gasteiger partial charge < -0.3 is 27.1 Å². The van der Waals surface area contributed by atoms with Gasteiger partial charge in [-0.3, -0.25) is 0 Å². The molecule has 2 aliphatic heterocycles. The largest absolute Gasteiger partial charge is 0.737 e. The minimum absolute atomic E-state index is 0.162. The van der Waals surface area contributed by atoms with Gasteiger partial charge in [0.15, 0.2) is 11.4 Å². The predicted molar refractivity (Wildman–Crippen MR) is 147 cm³/mol. The maximum atomic E-state index is 16.8. The van der Waals surface area contributed by atoms with E-state index in [4.69, 9.17) is 9.47 Å². The fourth-order valence-electron chi connectivity index (χ4n) is 5.71. The summed E-state index contributed by atoms with van der Waals surface area (Å²) >= 11 is 2.28. The number of hydrogen-bond donors (Lipinski definition) is 0. The third-order valence-corrected chi connectivity index (χ3v) is 7.92. The second-order valence-electron chi connectivity index (χ2n) is 8.99. The molecule has 0 unspecified atom stereocenters. The zero-order valence-electron chi connectivity index (χ0n) is 21.5. The molecular formula is C27H34BF2IN2O2. The van der Waals surface area contributed by atoms with Gasteiger partial charge in [0.1, 0.15) is 6.61 Å². The lowest BCUT2D eigenvalue weighted by molar-refractivity contribution is -0.365. The normalized spacial score (nSPS) is 16.9. The molecule has 3 heterocycles. The van der Waals surface area contributed by atoms with Crippen LogP contribution in [0.25, 0.3) is 5.57 Å². The molecule has 0 aliphatic carbocycles. The summed E-state index contributed by atoms with van der Waals surface area (Å²) in [6, 6.07) is 8.16. The van der Waals surface area contributed by atoms with Crippen molar-refractivity contribution in [3.05, 3.63) is 72.8 Å². The van der Waals surface area contributed by atoms with Gasteiger partial charge in [-0.25, -0.2) is 0 Å². The molecule has 0 amide bonds. The summed E-state index contributed by atoms with van der Waals surface area (Å²) in [5.41, 5.74) is 7.90. The van der Waals surface area contributed by atoms with E-state index < -0.39 is 6.97 Å². The molecule has 0 fully saturated rings. The van der Waals surface area contributed by atoms with E-state index in [9.17, 15) is 0 Å². The molecule has 8 heteroatoms. The van der Waals surface area contributed by atoms with Gasteiger partial charge in [0, 0.05) is 39.3 Å². The monoisotopic (exact) mass is 594 g/mol. The van der Waals surface area contributed by atoms with Crippen LogP contribution in [-0.2, 0) is 22.5 Å². The standard InChI is InChI=1S/C27H34BF2IN2O2/c1-7-21-17(5)26-25(19-11-13-20(31)14-12-19)27-18(6)22(8-2)24(16-35-10-4)33(27)28(29,30)32(26)23(21)15-34-9-3/h11-14H,7-10,15-16H2,1-6H3. The van der Waals surface area contributed by atoms with Gasteiger partial charge >= 0.3 is 6.97 Å². The summed E-state index contributed by atoms with van der Waals surface area (Å²) in [6.07, 6.45) is 1.33. The van der Waals surface area contributed by atoms with Crippen LogP contribution in [0, 0.1) is 10.5 Å². The molecular weight excluding hydrogens is 560 g/mol. The first kappa shape index (κ1) is 26.3. The Morgan fingerprint density at radius 3 is 2.14 bits per heavy atom. The molecule has 0 atom stereocenters. The first-order valence-corrected chi connectivity index (χ1v) is 13.6. The SMILES string of the molecule is CCOCC1=[N+]2C(=C(c3ccc(I)cc3)c3c(C)c(CC)c(COCC)n3[B-]2(F)F)C(C)=C1CC. The Morgan fingerprint density at radius 1 is 0.943 bits per heavy atom. The van der Waals surface area contributed by atoms with Crippen LogP contribution in [-0.4, -0.2) is 41.5 Å². The number of hydrogen-bond acceptors (Lipinski definition) is 2. The number of ether oxygens (including phenoxy) is 2. The Labute approximate surface area is 220 Å². The number of nitrogens with zero attached hydrogens (tertiary/aromatic N) is 2. The molecule has 0 bridgehead atoms. The summed E-state index contributed by atoms with van der Waals surface area (Å²) < 4.78 is 48.9. The van der Waals surface area contributed by atoms with E-state index in [0.717, 1.165) is 37.0 Å². The number of benzene rings is 1. The molecule has 4 nitrogen and oxygen atoms in total. The minimum atomic E-state index is -4.16. The topological polar surface area (TPSA) is 26.4 Å². The molecule has 1 aromatic carbocycles. The van der Waals surface area contributed by atoms with Crippen LogP contribution in [0.5, 0.6) is 0 Å². The van der Waals surface area contributed by atoms with Crippen molar-refractivity contribution in [2.24, 2.45) is 0 Å². The van der Waals surface area contributed by atoms with Gasteiger partial charge in [-0.15, -0.1) is 0 Å². The van der Waals surface area contributed by atoms with E-state index in [0.29, 0.717) is 48.9 Å². The zero-order valence-corrected chi connectivity index (χ0v) is 23.6. The summed E-state index contributed by atoms with van der Waals surface area (Å²) in [6.45, 7) is 8.91. The molecule has 0 radical (unpaired) electrons. The Hall–Kier alpha value is -1.78. The van der Waals surface area contributed by atoms with Gasteiger partial charge in [-0.2, -0.15) is 0 Å². The minimum Gasteiger partial charge on any atom is -0.391 e. The number of rotatable bonds is 9. The van der Waals surface area contributed by atoms with Crippen LogP contribution in [0.4, 0.5) is 8.63 Å². The summed E-state index contributed by atoms with van der Waals surface area (Å²) in [5, 5.41) is 0. The van der Waals surface area contributed by atoms with Crippen molar-refractivity contribution < 1.29 is 22.6 Å². The van der Waals surface area contributed by atoms with E-state index in [2.05, 4.69) is 22.6 Å². The van der Waals surface area contributed by atoms with Crippen molar-refractivity contribution in [1.82, 2.24) is 4.48 Å². The second kappa shape index (κ2) is 10.3. The van der Waals surface area contributed by atoms with Gasteiger partial charge in [-0.1, -0.05) is 26.0 Å². The second-order valence-corrected chi connectivity index (χ2v) is 10.2. The number of allylic oxidation sites excluding steroid dienone is 1. The Balaban J connectivity index is 2.17. The summed E-state index contributed by atoms with van der Waals surface area (Å²) in [5.74, 6) is 0. The maximum absolute atomic E-state index is 16.8. The number of fused-ring (bicyclic) bond motifs is 2. The summed E-state index contributed by atoms with van der Waals surface area (Å²) in [4.78, 5) is 0. The molecule has 4 rings (SSSR count). The van der Waals surface area contributed by atoms with Gasteiger partial charge in [0.05, 0.1) is 12.2 Å². The lowest BCUT2D eigenvalue weighted by atomic mass is 9.83. The van der Waals surface area contributed by atoms with Crippen molar-refractivity contribution in [1.29, 1.82) is 0 Å². The Bertz CT molecular complexity index is 1240. The first-order chi connectivity index (χ1) is 16.7. The lowest BCUT2D eigenvalue weighted by Gasteiger charge is -2.34. The van der Waals surface area contributed by atoms with Crippen molar-refractivity contribution in [2.75, 3.05) is 19.8 Å². The maximum Gasteiger partial charge on any atom is 0.737 e. The third-order valence-electron chi connectivity index (χ3n) is 7.20. The smallest absolute Gasteiger partial charge is 0.391 e. The van der Waals surface area contributed by atoms with Gasteiger partial charge in [-0.05, 0) is 92.0 Å². The number of halogens is 3. The highest BCUT2D eigenvalue weighted by atomic mass is 127. The fraction of sp³-hybridized carbons (Fsp3) is 0.444. The molecule has 35 heavy (non-hydrogen) atoms. The van der Waals surface area contributed by atoms with E-state index in [1.807, 2.05) is 65.8 Å². The Morgan fingerprint density at radius 2 is 1.57 bits per heavy atom. The van der Waals surface area contributed by atoms with E-state index in [-0.39, 0.29) is 13.2 Å². The fourth-order valence-corrected chi connectivity index (χ4v) is 6.07. The third kappa shape index (κ3) is 4.15. The Kier molecular flexibility index (Phi) is 7.74. The van der Waals surface area contributed by atoms with Crippen LogP contribution in [0.1, 0.15) is 69.1 Å². The van der Waals surface area contributed by atoms with Crippen LogP contribution >= 0.6 is 22.6 Å². The highest BCUT2D eigenvalue weighted by Gasteiger charge is 2.57. The van der Waals surface area contributed by atoms with Crippen LogP contribution < -0.4 is 0 Å². The van der Waals surface area contributed by atoms with Crippen molar-refractivity contribution in [3.8, 4) is 0 Å². The first-order valence-electron chi connectivity index (χ1n) is 12.5. The molecule has 0 N–H and O–H groups in total. The molecule has 2 aliphatic rings. The highest BCUT2D eigenvalue weighted by molar-refractivity contribution is 14.1.